The van der Waals surface area contributed by atoms with E-state index in [0.29, 0.717) is 6.04 Å². The van der Waals surface area contributed by atoms with E-state index in [2.05, 4.69) is 10.3 Å². The van der Waals surface area contributed by atoms with E-state index in [-0.39, 0.29) is 5.56 Å². The second kappa shape index (κ2) is 5.27. The van der Waals surface area contributed by atoms with Gasteiger partial charge >= 0.3 is 0 Å². The van der Waals surface area contributed by atoms with Gasteiger partial charge in [-0.2, -0.15) is 0 Å². The topological polar surface area (TPSA) is 70.9 Å². The third kappa shape index (κ3) is 2.51. The molecule has 0 saturated carbocycles. The Morgan fingerprint density at radius 2 is 2.38 bits per heavy atom. The molecular formula is C12H19N3O. The maximum absolute atomic E-state index is 11.2. The molecule has 0 amide bonds. The maximum atomic E-state index is 11.2. The summed E-state index contributed by atoms with van der Waals surface area (Å²) in [6.45, 7) is 1.66. The van der Waals surface area contributed by atoms with Crippen LogP contribution in [0.2, 0.25) is 0 Å². The Morgan fingerprint density at radius 3 is 3.19 bits per heavy atom. The highest BCUT2D eigenvalue weighted by Gasteiger charge is 2.19. The molecule has 0 aliphatic heterocycles. The third-order valence-electron chi connectivity index (χ3n) is 3.10. The summed E-state index contributed by atoms with van der Waals surface area (Å²) in [6, 6.07) is 3.95. The Bertz CT molecular complexity index is 399. The molecule has 0 saturated heterocycles. The summed E-state index contributed by atoms with van der Waals surface area (Å²) in [7, 11) is 0. The van der Waals surface area contributed by atoms with E-state index >= 15 is 0 Å². The molecule has 0 radical (unpaired) electrons. The number of H-pyrrole nitrogens is 1. The minimum Gasteiger partial charge on any atom is -0.330 e. The summed E-state index contributed by atoms with van der Waals surface area (Å²) in [5, 5.41) is 3.50. The lowest BCUT2D eigenvalue weighted by Gasteiger charge is -2.25. The molecule has 0 fully saturated rings. The molecule has 4 N–H and O–H groups in total. The lowest BCUT2D eigenvalue weighted by atomic mass is 9.91. The van der Waals surface area contributed by atoms with Crippen LogP contribution < -0.4 is 16.6 Å². The first-order valence-electron chi connectivity index (χ1n) is 5.97. The Kier molecular flexibility index (Phi) is 3.74. The van der Waals surface area contributed by atoms with E-state index in [0.717, 1.165) is 44.5 Å². The number of fused-ring (bicyclic) bond motifs is 1. The van der Waals surface area contributed by atoms with Crippen LogP contribution in [0.1, 0.15) is 36.6 Å². The lowest BCUT2D eigenvalue weighted by molar-refractivity contribution is 0.452. The summed E-state index contributed by atoms with van der Waals surface area (Å²) >= 11 is 0. The van der Waals surface area contributed by atoms with Crippen molar-refractivity contribution in [3.8, 4) is 0 Å². The van der Waals surface area contributed by atoms with Gasteiger partial charge in [-0.1, -0.05) is 6.07 Å². The van der Waals surface area contributed by atoms with Gasteiger partial charge in [0.2, 0.25) is 5.56 Å². The van der Waals surface area contributed by atoms with Gasteiger partial charge in [0.25, 0.3) is 0 Å². The van der Waals surface area contributed by atoms with Crippen LogP contribution in [0.25, 0.3) is 0 Å². The molecule has 0 aromatic carbocycles. The predicted octanol–water partition coefficient (Wildman–Crippen LogP) is 0.691. The quantitative estimate of drug-likeness (QED) is 0.655. The molecule has 4 nitrogen and oxygen atoms in total. The zero-order valence-electron chi connectivity index (χ0n) is 9.46. The minimum absolute atomic E-state index is 0.00126. The molecule has 1 aromatic heterocycles. The highest BCUT2D eigenvalue weighted by atomic mass is 16.1. The van der Waals surface area contributed by atoms with Gasteiger partial charge in [-0.05, 0) is 44.3 Å². The fraction of sp³-hybridized carbons (Fsp3) is 0.583. The van der Waals surface area contributed by atoms with Crippen molar-refractivity contribution in [3.05, 3.63) is 33.7 Å². The fourth-order valence-electron chi connectivity index (χ4n) is 2.29. The van der Waals surface area contributed by atoms with Gasteiger partial charge in [0.1, 0.15) is 0 Å². The molecule has 88 valence electrons. The van der Waals surface area contributed by atoms with Crippen LogP contribution in [0, 0.1) is 0 Å². The molecular weight excluding hydrogens is 202 g/mol. The number of aromatic nitrogens is 1. The summed E-state index contributed by atoms with van der Waals surface area (Å²) in [6.07, 6.45) is 4.26. The highest BCUT2D eigenvalue weighted by Crippen LogP contribution is 2.27. The molecule has 4 heteroatoms. The lowest BCUT2D eigenvalue weighted by Crippen LogP contribution is -2.28. The van der Waals surface area contributed by atoms with E-state index in [1.165, 1.54) is 5.56 Å². The predicted molar refractivity (Wildman–Crippen MR) is 64.4 cm³/mol. The number of pyridine rings is 1. The molecule has 1 aliphatic carbocycles. The van der Waals surface area contributed by atoms with E-state index < -0.39 is 0 Å². The summed E-state index contributed by atoms with van der Waals surface area (Å²) < 4.78 is 0. The monoisotopic (exact) mass is 221 g/mol. The van der Waals surface area contributed by atoms with E-state index in [4.69, 9.17) is 5.73 Å². The average molecular weight is 221 g/mol. The van der Waals surface area contributed by atoms with Gasteiger partial charge in [-0.3, -0.25) is 4.79 Å². The molecule has 0 bridgehead atoms. The number of hydrogen-bond acceptors (Lipinski definition) is 3. The van der Waals surface area contributed by atoms with Gasteiger partial charge in [-0.25, -0.2) is 0 Å². The summed E-state index contributed by atoms with van der Waals surface area (Å²) in [4.78, 5) is 14.1. The zero-order valence-corrected chi connectivity index (χ0v) is 9.46. The molecule has 1 aromatic rings. The Labute approximate surface area is 95.3 Å². The van der Waals surface area contributed by atoms with Crippen LogP contribution in [0.4, 0.5) is 0 Å². The molecule has 1 atom stereocenters. The molecule has 1 heterocycles. The van der Waals surface area contributed by atoms with Gasteiger partial charge in [0.15, 0.2) is 0 Å². The summed E-state index contributed by atoms with van der Waals surface area (Å²) in [5.41, 5.74) is 7.83. The van der Waals surface area contributed by atoms with Gasteiger partial charge in [0.05, 0.1) is 0 Å². The third-order valence-corrected chi connectivity index (χ3v) is 3.10. The van der Waals surface area contributed by atoms with Crippen molar-refractivity contribution in [1.29, 1.82) is 0 Å². The second-order valence-corrected chi connectivity index (χ2v) is 4.30. The zero-order chi connectivity index (χ0) is 11.4. The van der Waals surface area contributed by atoms with E-state index in [9.17, 15) is 4.79 Å². The van der Waals surface area contributed by atoms with Crippen LogP contribution in [0.5, 0.6) is 0 Å². The number of hydrogen-bond donors (Lipinski definition) is 3. The van der Waals surface area contributed by atoms with E-state index in [1.807, 2.05) is 6.07 Å². The van der Waals surface area contributed by atoms with Gasteiger partial charge < -0.3 is 16.0 Å². The molecule has 1 unspecified atom stereocenters. The van der Waals surface area contributed by atoms with Crippen LogP contribution in [0.3, 0.4) is 0 Å². The van der Waals surface area contributed by atoms with Crippen LogP contribution in [0.15, 0.2) is 16.9 Å². The first-order chi connectivity index (χ1) is 7.81. The van der Waals surface area contributed by atoms with Crippen molar-refractivity contribution in [2.45, 2.75) is 31.7 Å². The van der Waals surface area contributed by atoms with E-state index in [1.54, 1.807) is 6.07 Å². The van der Waals surface area contributed by atoms with Gasteiger partial charge in [-0.15, -0.1) is 0 Å². The standard InChI is InChI=1S/C12H19N3O/c13-7-2-8-14-10-3-1-4-11-9(10)5-6-12(16)15-11/h5-6,10,14H,1-4,7-8,13H2,(H,15,16). The number of nitrogens with two attached hydrogens (primary N) is 1. The first kappa shape index (κ1) is 11.4. The highest BCUT2D eigenvalue weighted by molar-refractivity contribution is 5.26. The SMILES string of the molecule is NCCCNC1CCCc2[nH]c(=O)ccc21. The van der Waals surface area contributed by atoms with Crippen molar-refractivity contribution in [2.75, 3.05) is 13.1 Å². The van der Waals surface area contributed by atoms with Crippen molar-refractivity contribution < 1.29 is 0 Å². The van der Waals surface area contributed by atoms with Crippen LogP contribution >= 0.6 is 0 Å². The van der Waals surface area contributed by atoms with Crippen molar-refractivity contribution in [1.82, 2.24) is 10.3 Å². The van der Waals surface area contributed by atoms with Crippen LogP contribution in [-0.2, 0) is 6.42 Å². The number of nitrogens with one attached hydrogen (secondary N) is 2. The normalized spacial score (nSPS) is 19.4. The fourth-order valence-corrected chi connectivity index (χ4v) is 2.29. The molecule has 2 rings (SSSR count). The Hall–Kier alpha value is -1.13. The van der Waals surface area contributed by atoms with Gasteiger partial charge in [0, 0.05) is 17.8 Å². The average Bonchev–Trinajstić information content (AvgIpc) is 2.29. The number of aryl methyl sites for hydroxylation is 1. The molecule has 1 aliphatic rings. The minimum atomic E-state index is 0.00126. The molecule has 0 spiro atoms. The molecule has 16 heavy (non-hydrogen) atoms. The Morgan fingerprint density at radius 1 is 1.50 bits per heavy atom. The smallest absolute Gasteiger partial charge is 0.248 e. The number of rotatable bonds is 4. The van der Waals surface area contributed by atoms with Crippen molar-refractivity contribution >= 4 is 0 Å². The van der Waals surface area contributed by atoms with Crippen molar-refractivity contribution in [3.63, 3.8) is 0 Å². The first-order valence-corrected chi connectivity index (χ1v) is 5.97. The number of aromatic amines is 1. The van der Waals surface area contributed by atoms with Crippen molar-refractivity contribution in [2.24, 2.45) is 5.73 Å². The Balaban J connectivity index is 2.10. The maximum Gasteiger partial charge on any atom is 0.248 e. The largest absolute Gasteiger partial charge is 0.330 e. The summed E-state index contributed by atoms with van der Waals surface area (Å²) in [5.74, 6) is 0. The van der Waals surface area contributed by atoms with Crippen LogP contribution in [-0.4, -0.2) is 18.1 Å². The second-order valence-electron chi connectivity index (χ2n) is 4.30.